The van der Waals surface area contributed by atoms with Gasteiger partial charge in [-0.1, -0.05) is 42.2 Å². The monoisotopic (exact) mass is 400 g/mol. The normalized spacial score (nSPS) is 16.6. The molecule has 2 aromatic rings. The van der Waals surface area contributed by atoms with Crippen molar-refractivity contribution < 1.29 is 14.3 Å². The Balaban J connectivity index is 1.71. The van der Waals surface area contributed by atoms with Gasteiger partial charge < -0.3 is 10.1 Å². The van der Waals surface area contributed by atoms with Crippen LogP contribution in [0.2, 0.25) is 0 Å². The standard InChI is InChI=1S/C20H20N2O3S2/c1-12-8-9-14(10-13(12)2)21-18(23)11-17-19(24)22(20(26)27-17)15-6-4-5-7-16(15)25-3/h4-10,17H,11H2,1-3H3,(H,21,23). The Kier molecular flexibility index (Phi) is 5.82. The number of carbonyl (C=O) groups is 2. The molecule has 2 amide bonds. The molecule has 1 unspecified atom stereocenters. The van der Waals surface area contributed by atoms with E-state index in [0.29, 0.717) is 15.8 Å². The van der Waals surface area contributed by atoms with E-state index in [4.69, 9.17) is 17.0 Å². The van der Waals surface area contributed by atoms with Crippen molar-refractivity contribution in [2.75, 3.05) is 17.3 Å². The summed E-state index contributed by atoms with van der Waals surface area (Å²) in [5.74, 6) is 0.146. The summed E-state index contributed by atoms with van der Waals surface area (Å²) >= 11 is 6.61. The second-order valence-electron chi connectivity index (χ2n) is 6.27. The summed E-state index contributed by atoms with van der Waals surface area (Å²) in [6, 6.07) is 12.9. The summed E-state index contributed by atoms with van der Waals surface area (Å²) in [7, 11) is 1.55. The molecule has 0 aromatic heterocycles. The van der Waals surface area contributed by atoms with Crippen molar-refractivity contribution in [1.82, 2.24) is 0 Å². The van der Waals surface area contributed by atoms with E-state index in [1.54, 1.807) is 19.2 Å². The molecule has 0 radical (unpaired) electrons. The Morgan fingerprint density at radius 2 is 1.96 bits per heavy atom. The predicted octanol–water partition coefficient (Wildman–Crippen LogP) is 4.07. The van der Waals surface area contributed by atoms with Crippen LogP contribution >= 0.6 is 24.0 Å². The minimum atomic E-state index is -0.547. The second-order valence-corrected chi connectivity index (χ2v) is 8.11. The highest BCUT2D eigenvalue weighted by molar-refractivity contribution is 8.25. The number of benzene rings is 2. The van der Waals surface area contributed by atoms with Crippen LogP contribution in [0.25, 0.3) is 0 Å². The van der Waals surface area contributed by atoms with Crippen molar-refractivity contribution in [3.63, 3.8) is 0 Å². The number of nitrogens with zero attached hydrogens (tertiary/aromatic N) is 1. The number of rotatable bonds is 5. The van der Waals surface area contributed by atoms with Crippen molar-refractivity contribution in [1.29, 1.82) is 0 Å². The maximum absolute atomic E-state index is 12.9. The lowest BCUT2D eigenvalue weighted by molar-refractivity contribution is -0.121. The smallest absolute Gasteiger partial charge is 0.246 e. The van der Waals surface area contributed by atoms with E-state index in [1.165, 1.54) is 16.7 Å². The Bertz CT molecular complexity index is 914. The molecule has 140 valence electrons. The van der Waals surface area contributed by atoms with Gasteiger partial charge in [-0.25, -0.2) is 0 Å². The van der Waals surface area contributed by atoms with Gasteiger partial charge in [0.25, 0.3) is 0 Å². The fourth-order valence-corrected chi connectivity index (χ4v) is 4.33. The molecule has 1 saturated heterocycles. The lowest BCUT2D eigenvalue weighted by Crippen LogP contribution is -2.33. The predicted molar refractivity (Wildman–Crippen MR) is 114 cm³/mol. The van der Waals surface area contributed by atoms with Crippen LogP contribution in [0.1, 0.15) is 17.5 Å². The van der Waals surface area contributed by atoms with E-state index in [1.807, 2.05) is 44.2 Å². The van der Waals surface area contributed by atoms with Crippen LogP contribution < -0.4 is 15.0 Å². The van der Waals surface area contributed by atoms with Crippen molar-refractivity contribution in [2.45, 2.75) is 25.5 Å². The van der Waals surface area contributed by atoms with Gasteiger partial charge in [0.2, 0.25) is 11.8 Å². The van der Waals surface area contributed by atoms with Crippen molar-refractivity contribution in [3.8, 4) is 5.75 Å². The molecule has 3 rings (SSSR count). The zero-order chi connectivity index (χ0) is 19.6. The molecule has 1 atom stereocenters. The third-order valence-electron chi connectivity index (χ3n) is 4.41. The molecule has 7 heteroatoms. The highest BCUT2D eigenvalue weighted by Gasteiger charge is 2.40. The summed E-state index contributed by atoms with van der Waals surface area (Å²) in [6.07, 6.45) is 0.0578. The molecule has 1 aliphatic rings. The van der Waals surface area contributed by atoms with Gasteiger partial charge in [0, 0.05) is 12.1 Å². The van der Waals surface area contributed by atoms with E-state index in [-0.39, 0.29) is 18.2 Å². The Hall–Kier alpha value is -2.38. The van der Waals surface area contributed by atoms with E-state index in [2.05, 4.69) is 5.32 Å². The van der Waals surface area contributed by atoms with Crippen molar-refractivity contribution in [2.24, 2.45) is 0 Å². The minimum Gasteiger partial charge on any atom is -0.495 e. The zero-order valence-corrected chi connectivity index (χ0v) is 16.9. The van der Waals surface area contributed by atoms with E-state index in [9.17, 15) is 9.59 Å². The number of aryl methyl sites for hydroxylation is 2. The number of hydrogen-bond acceptors (Lipinski definition) is 5. The first-order chi connectivity index (χ1) is 12.9. The van der Waals surface area contributed by atoms with Crippen LogP contribution in [-0.4, -0.2) is 28.5 Å². The molecule has 5 nitrogen and oxygen atoms in total. The molecule has 1 heterocycles. The summed E-state index contributed by atoms with van der Waals surface area (Å²) in [4.78, 5) is 26.7. The SMILES string of the molecule is COc1ccccc1N1C(=O)C(CC(=O)Nc2ccc(C)c(C)c2)SC1=S. The number of hydrogen-bond donors (Lipinski definition) is 1. The number of anilines is 2. The molecule has 1 fully saturated rings. The van der Waals surface area contributed by atoms with Gasteiger partial charge in [0.1, 0.15) is 15.3 Å². The molecule has 2 aromatic carbocycles. The van der Waals surface area contributed by atoms with E-state index < -0.39 is 5.25 Å². The molecule has 1 aliphatic heterocycles. The number of para-hydroxylation sites is 2. The number of thioether (sulfide) groups is 1. The highest BCUT2D eigenvalue weighted by atomic mass is 32.2. The number of amides is 2. The fraction of sp³-hybridized carbons (Fsp3) is 0.250. The number of thiocarbonyl (C=S) groups is 1. The molecule has 0 aliphatic carbocycles. The van der Waals surface area contributed by atoms with Crippen LogP contribution in [0.3, 0.4) is 0 Å². The van der Waals surface area contributed by atoms with E-state index in [0.717, 1.165) is 16.8 Å². The Morgan fingerprint density at radius 1 is 1.22 bits per heavy atom. The lowest BCUT2D eigenvalue weighted by atomic mass is 10.1. The maximum Gasteiger partial charge on any atom is 0.246 e. The molecule has 1 N–H and O–H groups in total. The van der Waals surface area contributed by atoms with Gasteiger partial charge >= 0.3 is 0 Å². The first-order valence-corrected chi connectivity index (χ1v) is 9.74. The van der Waals surface area contributed by atoms with Gasteiger partial charge in [-0.05, 0) is 49.2 Å². The third-order valence-corrected chi connectivity index (χ3v) is 5.92. The summed E-state index contributed by atoms with van der Waals surface area (Å²) in [5, 5.41) is 2.31. The van der Waals surface area contributed by atoms with Crippen LogP contribution in [0.4, 0.5) is 11.4 Å². The van der Waals surface area contributed by atoms with Gasteiger partial charge in [0.15, 0.2) is 0 Å². The van der Waals surface area contributed by atoms with Crippen LogP contribution in [0.5, 0.6) is 5.75 Å². The molecular weight excluding hydrogens is 380 g/mol. The average Bonchev–Trinajstić information content (AvgIpc) is 2.91. The number of nitrogens with one attached hydrogen (secondary N) is 1. The van der Waals surface area contributed by atoms with Crippen molar-refractivity contribution >= 4 is 51.5 Å². The van der Waals surface area contributed by atoms with E-state index >= 15 is 0 Å². The van der Waals surface area contributed by atoms with Crippen molar-refractivity contribution in [3.05, 3.63) is 53.6 Å². The number of carbonyl (C=O) groups excluding carboxylic acids is 2. The lowest BCUT2D eigenvalue weighted by Gasteiger charge is -2.18. The van der Waals surface area contributed by atoms with Gasteiger partial charge in [-0.15, -0.1) is 0 Å². The Morgan fingerprint density at radius 3 is 2.67 bits per heavy atom. The van der Waals surface area contributed by atoms with Crippen LogP contribution in [0, 0.1) is 13.8 Å². The zero-order valence-electron chi connectivity index (χ0n) is 15.3. The van der Waals surface area contributed by atoms with Crippen LogP contribution in [-0.2, 0) is 9.59 Å². The minimum absolute atomic E-state index is 0.0578. The first-order valence-electron chi connectivity index (χ1n) is 8.45. The first kappa shape index (κ1) is 19.4. The molecule has 27 heavy (non-hydrogen) atoms. The fourth-order valence-electron chi connectivity index (χ4n) is 2.82. The average molecular weight is 401 g/mol. The molecular formula is C20H20N2O3S2. The van der Waals surface area contributed by atoms with Gasteiger partial charge in [-0.3, -0.25) is 14.5 Å². The summed E-state index contributed by atoms with van der Waals surface area (Å²) in [6.45, 7) is 4.01. The molecule has 0 bridgehead atoms. The van der Waals surface area contributed by atoms with Gasteiger partial charge in [0.05, 0.1) is 12.8 Å². The largest absolute Gasteiger partial charge is 0.495 e. The number of ether oxygens (including phenoxy) is 1. The molecule has 0 spiro atoms. The van der Waals surface area contributed by atoms with Gasteiger partial charge in [-0.2, -0.15) is 0 Å². The highest BCUT2D eigenvalue weighted by Crippen LogP contribution is 2.38. The quantitative estimate of drug-likeness (QED) is 0.767. The second kappa shape index (κ2) is 8.10. The summed E-state index contributed by atoms with van der Waals surface area (Å²) < 4.78 is 5.75. The maximum atomic E-state index is 12.9. The van der Waals surface area contributed by atoms with Crippen LogP contribution in [0.15, 0.2) is 42.5 Å². The Labute approximate surface area is 168 Å². The summed E-state index contributed by atoms with van der Waals surface area (Å²) in [5.41, 5.74) is 3.58. The number of methoxy groups -OCH3 is 1. The third kappa shape index (κ3) is 4.14. The molecule has 0 saturated carbocycles. The topological polar surface area (TPSA) is 58.6 Å².